The van der Waals surface area contributed by atoms with Crippen LogP contribution >= 0.6 is 0 Å². The number of halogens is 1. The second-order valence-electron chi connectivity index (χ2n) is 8.13. The quantitative estimate of drug-likeness (QED) is 0.778. The maximum absolute atomic E-state index is 13.1. The molecule has 2 aromatic rings. The van der Waals surface area contributed by atoms with Gasteiger partial charge in [-0.15, -0.1) is 0 Å². The molecule has 0 unspecified atom stereocenters. The van der Waals surface area contributed by atoms with Gasteiger partial charge in [0.1, 0.15) is 11.5 Å². The van der Waals surface area contributed by atoms with E-state index in [4.69, 9.17) is 0 Å². The Labute approximate surface area is 181 Å². The first kappa shape index (κ1) is 21.2. The Kier molecular flexibility index (Phi) is 6.72. The van der Waals surface area contributed by atoms with Crippen LogP contribution in [0.2, 0.25) is 0 Å². The Morgan fingerprint density at radius 3 is 2.35 bits per heavy atom. The number of hydrazone groups is 1. The summed E-state index contributed by atoms with van der Waals surface area (Å²) in [5.41, 5.74) is 2.45. The highest BCUT2D eigenvalue weighted by atomic mass is 19.1. The van der Waals surface area contributed by atoms with Gasteiger partial charge in [-0.25, -0.2) is 9.40 Å². The molecule has 6 nitrogen and oxygen atoms in total. The highest BCUT2D eigenvalue weighted by Crippen LogP contribution is 2.17. The third kappa shape index (κ3) is 5.76. The van der Waals surface area contributed by atoms with Gasteiger partial charge in [-0.1, -0.05) is 42.5 Å². The first-order chi connectivity index (χ1) is 15.1. The minimum atomic E-state index is -0.327. The summed E-state index contributed by atoms with van der Waals surface area (Å²) < 4.78 is 13.1. The van der Waals surface area contributed by atoms with Crippen molar-refractivity contribution < 1.29 is 14.0 Å². The Balaban J connectivity index is 1.29. The van der Waals surface area contributed by atoms with E-state index in [2.05, 4.69) is 39.6 Å². The predicted octanol–water partition coefficient (Wildman–Crippen LogP) is 3.08. The first-order valence-electron chi connectivity index (χ1n) is 10.8. The van der Waals surface area contributed by atoms with E-state index in [1.54, 1.807) is 12.1 Å². The van der Waals surface area contributed by atoms with Crippen molar-refractivity contribution in [3.8, 4) is 0 Å². The molecule has 31 heavy (non-hydrogen) atoms. The van der Waals surface area contributed by atoms with E-state index in [9.17, 15) is 14.0 Å². The molecule has 2 aliphatic rings. The number of hydrogen-bond donors (Lipinski definition) is 1. The van der Waals surface area contributed by atoms with E-state index in [1.807, 2.05) is 6.07 Å². The molecular weight excluding hydrogens is 395 g/mol. The fourth-order valence-electron chi connectivity index (χ4n) is 4.00. The van der Waals surface area contributed by atoms with Crippen molar-refractivity contribution in [2.75, 3.05) is 13.1 Å². The second kappa shape index (κ2) is 9.83. The van der Waals surface area contributed by atoms with E-state index in [0.29, 0.717) is 12.1 Å². The van der Waals surface area contributed by atoms with Crippen molar-refractivity contribution in [2.45, 2.75) is 44.8 Å². The standard InChI is InChI=1S/C24H27FN4O2/c25-20-8-6-19(7-9-20)17-29-23(30)11-10-22(27-29)24(31)26-21-12-14-28(15-13-21)16-18-4-2-1-3-5-18/h1-9,21H,10-17H2,(H,26,31). The SMILES string of the molecule is O=C(NC1CCN(Cc2ccccc2)CC1)C1=NN(Cc2ccc(F)cc2)C(=O)CC1. The third-order valence-corrected chi connectivity index (χ3v) is 5.78. The summed E-state index contributed by atoms with van der Waals surface area (Å²) in [7, 11) is 0. The zero-order chi connectivity index (χ0) is 21.6. The summed E-state index contributed by atoms with van der Waals surface area (Å²) in [4.78, 5) is 27.4. The van der Waals surface area contributed by atoms with Crippen molar-refractivity contribution in [2.24, 2.45) is 5.10 Å². The van der Waals surface area contributed by atoms with Crippen LogP contribution in [0.5, 0.6) is 0 Å². The van der Waals surface area contributed by atoms with Gasteiger partial charge in [-0.3, -0.25) is 14.5 Å². The molecule has 2 aromatic carbocycles. The lowest BCUT2D eigenvalue weighted by atomic mass is 10.0. The molecule has 0 bridgehead atoms. The van der Waals surface area contributed by atoms with Gasteiger partial charge in [0.05, 0.1) is 6.54 Å². The Hall–Kier alpha value is -3.06. The number of nitrogens with zero attached hydrogens (tertiary/aromatic N) is 3. The summed E-state index contributed by atoms with van der Waals surface area (Å²) >= 11 is 0. The summed E-state index contributed by atoms with van der Waals surface area (Å²) in [6, 6.07) is 16.5. The number of rotatable bonds is 6. The first-order valence-corrected chi connectivity index (χ1v) is 10.8. The zero-order valence-corrected chi connectivity index (χ0v) is 17.5. The molecule has 2 heterocycles. The molecule has 4 rings (SSSR count). The van der Waals surface area contributed by atoms with Crippen molar-refractivity contribution in [3.63, 3.8) is 0 Å². The van der Waals surface area contributed by atoms with Crippen LogP contribution in [0.25, 0.3) is 0 Å². The zero-order valence-electron chi connectivity index (χ0n) is 17.5. The molecule has 2 aliphatic heterocycles. The molecular formula is C24H27FN4O2. The molecule has 0 saturated carbocycles. The van der Waals surface area contributed by atoms with E-state index in [0.717, 1.165) is 38.0 Å². The van der Waals surface area contributed by atoms with Crippen molar-refractivity contribution in [1.82, 2.24) is 15.2 Å². The summed E-state index contributed by atoms with van der Waals surface area (Å²) in [5.74, 6) is -0.652. The van der Waals surface area contributed by atoms with Crippen molar-refractivity contribution in [3.05, 3.63) is 71.5 Å². The van der Waals surface area contributed by atoms with Crippen LogP contribution in [0.1, 0.15) is 36.8 Å². The third-order valence-electron chi connectivity index (χ3n) is 5.78. The minimum Gasteiger partial charge on any atom is -0.348 e. The van der Waals surface area contributed by atoms with Gasteiger partial charge >= 0.3 is 0 Å². The van der Waals surface area contributed by atoms with Crippen LogP contribution in [-0.2, 0) is 22.7 Å². The molecule has 0 aliphatic carbocycles. The van der Waals surface area contributed by atoms with E-state index >= 15 is 0 Å². The number of carbonyl (C=O) groups is 2. The van der Waals surface area contributed by atoms with Gasteiger partial charge in [-0.2, -0.15) is 5.10 Å². The molecule has 0 spiro atoms. The fraction of sp³-hybridized carbons (Fsp3) is 0.375. The lowest BCUT2D eigenvalue weighted by Gasteiger charge is -2.32. The normalized spacial score (nSPS) is 18.0. The highest BCUT2D eigenvalue weighted by Gasteiger charge is 2.27. The number of amides is 2. The molecule has 7 heteroatoms. The predicted molar refractivity (Wildman–Crippen MR) is 117 cm³/mol. The van der Waals surface area contributed by atoms with Gasteiger partial charge in [0, 0.05) is 38.5 Å². The lowest BCUT2D eigenvalue weighted by Crippen LogP contribution is -2.47. The number of likely N-dealkylation sites (tertiary alicyclic amines) is 1. The molecule has 2 amide bonds. The number of nitrogens with one attached hydrogen (secondary N) is 1. The number of hydrogen-bond acceptors (Lipinski definition) is 4. The Morgan fingerprint density at radius 1 is 0.968 bits per heavy atom. The molecule has 162 valence electrons. The average Bonchev–Trinajstić information content (AvgIpc) is 2.79. The average molecular weight is 423 g/mol. The summed E-state index contributed by atoms with van der Waals surface area (Å²) in [5, 5.41) is 8.71. The van der Waals surface area contributed by atoms with Gasteiger partial charge in [0.25, 0.3) is 5.91 Å². The van der Waals surface area contributed by atoms with E-state index in [1.165, 1.54) is 22.7 Å². The lowest BCUT2D eigenvalue weighted by molar-refractivity contribution is -0.132. The van der Waals surface area contributed by atoms with Crippen LogP contribution in [0.15, 0.2) is 59.7 Å². The number of benzene rings is 2. The smallest absolute Gasteiger partial charge is 0.267 e. The molecule has 0 radical (unpaired) electrons. The minimum absolute atomic E-state index is 0.116. The fourth-order valence-corrected chi connectivity index (χ4v) is 4.00. The largest absolute Gasteiger partial charge is 0.348 e. The van der Waals surface area contributed by atoms with Crippen LogP contribution in [0.4, 0.5) is 4.39 Å². The van der Waals surface area contributed by atoms with Crippen molar-refractivity contribution >= 4 is 17.5 Å². The Bertz CT molecular complexity index is 938. The second-order valence-corrected chi connectivity index (χ2v) is 8.13. The van der Waals surface area contributed by atoms with Crippen LogP contribution in [0, 0.1) is 5.82 Å². The molecule has 1 N–H and O–H groups in total. The monoisotopic (exact) mass is 422 g/mol. The number of piperidine rings is 1. The molecule has 0 atom stereocenters. The number of carbonyl (C=O) groups excluding carboxylic acids is 2. The topological polar surface area (TPSA) is 65.0 Å². The van der Waals surface area contributed by atoms with Crippen molar-refractivity contribution in [1.29, 1.82) is 0 Å². The summed E-state index contributed by atoms with van der Waals surface area (Å²) in [6.45, 7) is 3.02. The molecule has 1 saturated heterocycles. The van der Waals surface area contributed by atoms with Gasteiger partial charge in [-0.05, 0) is 36.1 Å². The van der Waals surface area contributed by atoms with Crippen LogP contribution < -0.4 is 5.32 Å². The van der Waals surface area contributed by atoms with E-state index in [-0.39, 0.29) is 36.6 Å². The maximum Gasteiger partial charge on any atom is 0.267 e. The molecule has 1 fully saturated rings. The Morgan fingerprint density at radius 2 is 1.65 bits per heavy atom. The van der Waals surface area contributed by atoms with Crippen LogP contribution in [-0.4, -0.2) is 46.6 Å². The summed E-state index contributed by atoms with van der Waals surface area (Å²) in [6.07, 6.45) is 2.38. The van der Waals surface area contributed by atoms with E-state index < -0.39 is 0 Å². The molecule has 0 aromatic heterocycles. The van der Waals surface area contributed by atoms with Gasteiger partial charge in [0.2, 0.25) is 5.91 Å². The van der Waals surface area contributed by atoms with Gasteiger partial charge < -0.3 is 5.32 Å². The highest BCUT2D eigenvalue weighted by molar-refractivity contribution is 6.39. The maximum atomic E-state index is 13.1. The van der Waals surface area contributed by atoms with Gasteiger partial charge in [0.15, 0.2) is 0 Å². The van der Waals surface area contributed by atoms with Crippen LogP contribution in [0.3, 0.4) is 0 Å².